The number of halogens is 2. The Morgan fingerprint density at radius 3 is 2.61 bits per heavy atom. The molecule has 28 heavy (non-hydrogen) atoms. The Balaban J connectivity index is 2.71. The molecule has 1 saturated carbocycles. The number of aliphatic hydroxyl groups is 1. The molecule has 162 valence electrons. The summed E-state index contributed by atoms with van der Waals surface area (Å²) in [6, 6.07) is 0. The largest absolute Gasteiger partial charge is 0.481 e. The molecule has 0 bridgehead atoms. The third-order valence-electron chi connectivity index (χ3n) is 6.10. The molecule has 1 unspecified atom stereocenters. The first-order valence-electron chi connectivity index (χ1n) is 10.5. The zero-order chi connectivity index (χ0) is 21.2. The van der Waals surface area contributed by atoms with E-state index in [1.807, 2.05) is 0 Å². The predicted octanol–water partition coefficient (Wildman–Crippen LogP) is 5.53. The van der Waals surface area contributed by atoms with Crippen molar-refractivity contribution < 1.29 is 28.6 Å². The van der Waals surface area contributed by atoms with Gasteiger partial charge in [0.2, 0.25) is 6.43 Å². The van der Waals surface area contributed by atoms with Gasteiger partial charge in [-0.15, -0.1) is 0 Å². The van der Waals surface area contributed by atoms with Gasteiger partial charge in [-0.05, 0) is 51.9 Å². The quantitative estimate of drug-likeness (QED) is 0.296. The second kappa shape index (κ2) is 11.6. The molecule has 0 aromatic carbocycles. The lowest BCUT2D eigenvalue weighted by Crippen LogP contribution is -2.38. The number of rotatable bonds is 14. The smallest absolute Gasteiger partial charge is 0.303 e. The number of carbonyl (C=O) groups excluding carboxylic acids is 1. The molecule has 4 nitrogen and oxygen atoms in total. The van der Waals surface area contributed by atoms with Gasteiger partial charge in [0.1, 0.15) is 5.78 Å². The number of aliphatic carboxylic acids is 1. The Kier molecular flexibility index (Phi) is 10.3. The van der Waals surface area contributed by atoms with E-state index in [1.165, 1.54) is 0 Å². The average molecular weight is 403 g/mol. The summed E-state index contributed by atoms with van der Waals surface area (Å²) in [6.07, 6.45) is 6.55. The fraction of sp³-hybridized carbons (Fsp3) is 0.818. The minimum atomic E-state index is -2.60. The monoisotopic (exact) mass is 402 g/mol. The maximum absolute atomic E-state index is 14.1. The van der Waals surface area contributed by atoms with Crippen LogP contribution in [-0.2, 0) is 9.59 Å². The van der Waals surface area contributed by atoms with Gasteiger partial charge < -0.3 is 10.2 Å². The second-order valence-electron chi connectivity index (χ2n) is 8.50. The van der Waals surface area contributed by atoms with Gasteiger partial charge in [-0.1, -0.05) is 38.3 Å². The summed E-state index contributed by atoms with van der Waals surface area (Å²) in [5.41, 5.74) is -2.35. The minimum Gasteiger partial charge on any atom is -0.481 e. The van der Waals surface area contributed by atoms with Crippen LogP contribution in [0.25, 0.3) is 0 Å². The lowest BCUT2D eigenvalue weighted by Gasteiger charge is -2.36. The lowest BCUT2D eigenvalue weighted by atomic mass is 9.71. The number of carboxylic acid groups (broad SMARTS) is 1. The summed E-state index contributed by atoms with van der Waals surface area (Å²) in [4.78, 5) is 22.8. The summed E-state index contributed by atoms with van der Waals surface area (Å²) >= 11 is 0. The number of unbranched alkanes of at least 4 members (excludes halogenated alkanes) is 3. The van der Waals surface area contributed by atoms with Crippen LogP contribution >= 0.6 is 0 Å². The molecule has 3 atom stereocenters. The number of hydrogen-bond donors (Lipinski definition) is 2. The molecule has 0 aromatic rings. The molecule has 0 amide bonds. The summed E-state index contributed by atoms with van der Waals surface area (Å²) in [7, 11) is 0. The molecule has 0 aliphatic heterocycles. The van der Waals surface area contributed by atoms with Crippen molar-refractivity contribution in [3.8, 4) is 0 Å². The number of Topliss-reactive ketones (excluding diaryl/α,β-unsaturated/α-hetero) is 1. The van der Waals surface area contributed by atoms with Crippen LogP contribution in [0.4, 0.5) is 8.78 Å². The van der Waals surface area contributed by atoms with Crippen LogP contribution in [0.1, 0.15) is 90.9 Å². The van der Waals surface area contributed by atoms with Gasteiger partial charge in [-0.2, -0.15) is 0 Å². The number of alkyl halides is 2. The molecule has 0 radical (unpaired) electrons. The molecule has 0 spiro atoms. The van der Waals surface area contributed by atoms with Crippen LogP contribution in [-0.4, -0.2) is 34.0 Å². The zero-order valence-corrected chi connectivity index (χ0v) is 17.3. The SMILES string of the molecule is CCCCCC(C)(O)CC[C@@]1(C(F)F)CCC(=O)[C@@H]1CC=CCCCC(=O)O. The van der Waals surface area contributed by atoms with Crippen molar-refractivity contribution in [3.63, 3.8) is 0 Å². The van der Waals surface area contributed by atoms with E-state index in [0.29, 0.717) is 19.3 Å². The molecule has 2 N–H and O–H groups in total. The Morgan fingerprint density at radius 1 is 1.29 bits per heavy atom. The van der Waals surface area contributed by atoms with E-state index in [0.717, 1.165) is 19.3 Å². The molecule has 1 rings (SSSR count). The summed E-state index contributed by atoms with van der Waals surface area (Å²) in [6.45, 7) is 3.78. The average Bonchev–Trinajstić information content (AvgIpc) is 2.93. The molecule has 0 aromatic heterocycles. The van der Waals surface area contributed by atoms with Crippen LogP contribution < -0.4 is 0 Å². The van der Waals surface area contributed by atoms with Crippen molar-refractivity contribution in [3.05, 3.63) is 12.2 Å². The van der Waals surface area contributed by atoms with E-state index < -0.39 is 29.3 Å². The van der Waals surface area contributed by atoms with Crippen molar-refractivity contribution in [1.82, 2.24) is 0 Å². The summed E-state index contributed by atoms with van der Waals surface area (Å²) < 4.78 is 28.2. The normalized spacial score (nSPS) is 24.9. The van der Waals surface area contributed by atoms with Crippen molar-refractivity contribution in [1.29, 1.82) is 0 Å². The minimum absolute atomic E-state index is 0.0702. The van der Waals surface area contributed by atoms with Gasteiger partial charge in [0.05, 0.1) is 5.60 Å². The highest BCUT2D eigenvalue weighted by atomic mass is 19.3. The first-order valence-corrected chi connectivity index (χ1v) is 10.5. The van der Waals surface area contributed by atoms with E-state index in [-0.39, 0.29) is 44.3 Å². The van der Waals surface area contributed by atoms with E-state index in [4.69, 9.17) is 5.11 Å². The van der Waals surface area contributed by atoms with E-state index in [9.17, 15) is 23.5 Å². The molecule has 0 heterocycles. The number of ketones is 1. The van der Waals surface area contributed by atoms with Gasteiger partial charge in [-0.25, -0.2) is 8.78 Å². The Morgan fingerprint density at radius 2 is 2.00 bits per heavy atom. The number of carboxylic acids is 1. The van der Waals surface area contributed by atoms with Gasteiger partial charge in [0, 0.05) is 24.2 Å². The maximum Gasteiger partial charge on any atom is 0.303 e. The van der Waals surface area contributed by atoms with Crippen LogP contribution in [0.5, 0.6) is 0 Å². The predicted molar refractivity (Wildman–Crippen MR) is 105 cm³/mol. The summed E-state index contributed by atoms with van der Waals surface area (Å²) in [5.74, 6) is -1.71. The van der Waals surface area contributed by atoms with E-state index >= 15 is 0 Å². The Bertz CT molecular complexity index is 531. The van der Waals surface area contributed by atoms with Crippen LogP contribution in [0.2, 0.25) is 0 Å². The van der Waals surface area contributed by atoms with Gasteiger partial charge in [0.25, 0.3) is 0 Å². The van der Waals surface area contributed by atoms with Crippen molar-refractivity contribution in [2.24, 2.45) is 11.3 Å². The first kappa shape index (κ1) is 24.7. The van der Waals surface area contributed by atoms with E-state index in [1.54, 1.807) is 19.1 Å². The fourth-order valence-corrected chi connectivity index (χ4v) is 4.16. The fourth-order valence-electron chi connectivity index (χ4n) is 4.16. The van der Waals surface area contributed by atoms with Gasteiger partial charge in [-0.3, -0.25) is 9.59 Å². The van der Waals surface area contributed by atoms with Crippen LogP contribution in [0.3, 0.4) is 0 Å². The highest BCUT2D eigenvalue weighted by Crippen LogP contribution is 2.51. The third kappa shape index (κ3) is 7.61. The molecule has 0 saturated heterocycles. The summed E-state index contributed by atoms with van der Waals surface area (Å²) in [5, 5.41) is 19.2. The zero-order valence-electron chi connectivity index (χ0n) is 17.3. The van der Waals surface area contributed by atoms with Gasteiger partial charge >= 0.3 is 5.97 Å². The highest BCUT2D eigenvalue weighted by molar-refractivity contribution is 5.84. The Hall–Kier alpha value is -1.30. The topological polar surface area (TPSA) is 74.6 Å². The van der Waals surface area contributed by atoms with Crippen molar-refractivity contribution in [2.45, 2.75) is 103 Å². The number of allylic oxidation sites excluding steroid dienone is 2. The van der Waals surface area contributed by atoms with Crippen LogP contribution in [0.15, 0.2) is 12.2 Å². The second-order valence-corrected chi connectivity index (χ2v) is 8.50. The standard InChI is InChI=1S/C22H36F2O4/c1-3-4-9-13-21(2,28)15-16-22(20(23)24)14-12-18(25)17(22)10-7-5-6-8-11-19(26)27/h5,7,17,20,28H,3-4,6,8-16H2,1-2H3,(H,26,27)/t17-,21?,22-/m0/s1. The Labute approximate surface area is 167 Å². The van der Waals surface area contributed by atoms with Crippen molar-refractivity contribution in [2.75, 3.05) is 0 Å². The van der Waals surface area contributed by atoms with Gasteiger partial charge in [0.15, 0.2) is 0 Å². The molecular weight excluding hydrogens is 366 g/mol. The van der Waals surface area contributed by atoms with Crippen LogP contribution in [0, 0.1) is 11.3 Å². The molecular formula is C22H36F2O4. The van der Waals surface area contributed by atoms with Crippen molar-refractivity contribution >= 4 is 11.8 Å². The number of hydrogen-bond acceptors (Lipinski definition) is 3. The third-order valence-corrected chi connectivity index (χ3v) is 6.10. The maximum atomic E-state index is 14.1. The molecule has 6 heteroatoms. The number of carbonyl (C=O) groups is 2. The molecule has 1 aliphatic carbocycles. The molecule has 1 fully saturated rings. The lowest BCUT2D eigenvalue weighted by molar-refractivity contribution is -0.137. The van der Waals surface area contributed by atoms with E-state index in [2.05, 4.69) is 6.92 Å². The highest BCUT2D eigenvalue weighted by Gasteiger charge is 2.53. The molecule has 1 aliphatic rings. The first-order chi connectivity index (χ1) is 13.1.